The van der Waals surface area contributed by atoms with Crippen LogP contribution >= 0.6 is 0 Å². The minimum atomic E-state index is -0.973. The summed E-state index contributed by atoms with van der Waals surface area (Å²) in [7, 11) is 0. The molecule has 1 saturated heterocycles. The van der Waals surface area contributed by atoms with Crippen LogP contribution in [0.15, 0.2) is 54.6 Å². The minimum Gasteiger partial charge on any atom is -0.507 e. The zero-order chi connectivity index (χ0) is 21.1. The number of carbonyl (C=O) groups excluding carboxylic acids is 1. The van der Waals surface area contributed by atoms with Crippen molar-refractivity contribution < 1.29 is 24.5 Å². The summed E-state index contributed by atoms with van der Waals surface area (Å²) in [5.74, 6) is -1.26. The normalized spacial score (nSPS) is 14.1. The number of ether oxygens (including phenoxy) is 1. The first kappa shape index (κ1) is 19.9. The Morgan fingerprint density at radius 2 is 1.60 bits per heavy atom. The summed E-state index contributed by atoms with van der Waals surface area (Å²) in [5.41, 5.74) is 2.21. The number of aromatic carboxylic acids is 1. The van der Waals surface area contributed by atoms with Gasteiger partial charge in [0.2, 0.25) is 0 Å². The Morgan fingerprint density at radius 1 is 0.933 bits per heavy atom. The number of phenolic OH excluding ortho intramolecular Hbond substituents is 1. The van der Waals surface area contributed by atoms with E-state index in [0.29, 0.717) is 22.9 Å². The maximum absolute atomic E-state index is 12.4. The van der Waals surface area contributed by atoms with Crippen molar-refractivity contribution in [3.05, 3.63) is 76.9 Å². The van der Waals surface area contributed by atoms with Gasteiger partial charge in [-0.25, -0.2) is 9.59 Å². The monoisotopic (exact) mass is 405 g/mol. The van der Waals surface area contributed by atoms with Crippen LogP contribution in [0.4, 0.5) is 0 Å². The number of carbonyl (C=O) groups is 2. The van der Waals surface area contributed by atoms with Gasteiger partial charge >= 0.3 is 11.9 Å². The molecule has 0 aliphatic carbocycles. The van der Waals surface area contributed by atoms with E-state index in [9.17, 15) is 14.7 Å². The molecule has 1 heterocycles. The van der Waals surface area contributed by atoms with E-state index in [1.54, 1.807) is 42.5 Å². The molecule has 0 saturated carbocycles. The predicted molar refractivity (Wildman–Crippen MR) is 113 cm³/mol. The summed E-state index contributed by atoms with van der Waals surface area (Å²) in [5, 5.41) is 21.2. The quantitative estimate of drug-likeness (QED) is 0.602. The molecule has 0 aromatic heterocycles. The number of nitrogens with zero attached hydrogens (tertiary/aromatic N) is 1. The van der Waals surface area contributed by atoms with Gasteiger partial charge in [0.1, 0.15) is 12.5 Å². The fourth-order valence-electron chi connectivity index (χ4n) is 3.75. The van der Waals surface area contributed by atoms with Crippen LogP contribution in [0.1, 0.15) is 44.7 Å². The summed E-state index contributed by atoms with van der Waals surface area (Å²) < 4.78 is 5.41. The SMILES string of the molecule is O=C(O)c1ccc(Cc2ccc3ccc(C(=O)OCN4CCCC4)cc3c2O)cc1. The first-order valence-electron chi connectivity index (χ1n) is 9.97. The van der Waals surface area contributed by atoms with E-state index in [-0.39, 0.29) is 18.0 Å². The molecular weight excluding hydrogens is 382 g/mol. The number of benzene rings is 3. The molecule has 1 fully saturated rings. The molecule has 30 heavy (non-hydrogen) atoms. The number of rotatable bonds is 6. The number of likely N-dealkylation sites (tertiary alicyclic amines) is 1. The second-order valence-electron chi connectivity index (χ2n) is 7.57. The van der Waals surface area contributed by atoms with Crippen LogP contribution in [0.2, 0.25) is 0 Å². The molecular formula is C24H23NO5. The summed E-state index contributed by atoms with van der Waals surface area (Å²) in [4.78, 5) is 25.5. The molecule has 0 spiro atoms. The first-order chi connectivity index (χ1) is 14.5. The van der Waals surface area contributed by atoms with E-state index < -0.39 is 11.9 Å². The lowest BCUT2D eigenvalue weighted by atomic mass is 9.98. The van der Waals surface area contributed by atoms with Crippen molar-refractivity contribution in [2.75, 3.05) is 19.8 Å². The fourth-order valence-corrected chi connectivity index (χ4v) is 3.75. The molecule has 6 nitrogen and oxygen atoms in total. The van der Waals surface area contributed by atoms with Gasteiger partial charge in [0.15, 0.2) is 0 Å². The highest BCUT2D eigenvalue weighted by atomic mass is 16.5. The molecule has 0 atom stereocenters. The molecule has 154 valence electrons. The highest BCUT2D eigenvalue weighted by molar-refractivity contribution is 5.98. The summed E-state index contributed by atoms with van der Waals surface area (Å²) in [6.07, 6.45) is 2.71. The summed E-state index contributed by atoms with van der Waals surface area (Å²) in [6, 6.07) is 15.5. The average molecular weight is 405 g/mol. The van der Waals surface area contributed by atoms with Crippen molar-refractivity contribution in [2.24, 2.45) is 0 Å². The minimum absolute atomic E-state index is 0.115. The standard InChI is InChI=1S/C24H23NO5/c26-22-19(13-16-3-5-18(6-4-16)23(27)28)9-7-17-8-10-20(14-21(17)22)24(29)30-15-25-11-1-2-12-25/h3-10,14,26H,1-2,11-13,15H2,(H,27,28). The summed E-state index contributed by atoms with van der Waals surface area (Å²) in [6.45, 7) is 2.18. The molecule has 0 bridgehead atoms. The van der Waals surface area contributed by atoms with Crippen LogP contribution < -0.4 is 0 Å². The van der Waals surface area contributed by atoms with Gasteiger partial charge in [0.05, 0.1) is 11.1 Å². The van der Waals surface area contributed by atoms with Crippen molar-refractivity contribution in [3.8, 4) is 5.75 Å². The fraction of sp³-hybridized carbons (Fsp3) is 0.250. The van der Waals surface area contributed by atoms with Crippen molar-refractivity contribution in [2.45, 2.75) is 19.3 Å². The largest absolute Gasteiger partial charge is 0.507 e. The number of carboxylic acids is 1. The van der Waals surface area contributed by atoms with Crippen molar-refractivity contribution in [3.63, 3.8) is 0 Å². The van der Waals surface area contributed by atoms with E-state index in [1.807, 2.05) is 12.1 Å². The van der Waals surface area contributed by atoms with E-state index in [4.69, 9.17) is 9.84 Å². The van der Waals surface area contributed by atoms with Gasteiger partial charge < -0.3 is 14.9 Å². The molecule has 0 amide bonds. The van der Waals surface area contributed by atoms with Gasteiger partial charge in [-0.2, -0.15) is 0 Å². The van der Waals surface area contributed by atoms with Gasteiger partial charge in [-0.15, -0.1) is 0 Å². The first-order valence-corrected chi connectivity index (χ1v) is 9.97. The summed E-state index contributed by atoms with van der Waals surface area (Å²) >= 11 is 0. The molecule has 3 aromatic rings. The number of esters is 1. The molecule has 1 aliphatic rings. The maximum atomic E-state index is 12.4. The smallest absolute Gasteiger partial charge is 0.339 e. The molecule has 1 aliphatic heterocycles. The average Bonchev–Trinajstić information content (AvgIpc) is 3.28. The highest BCUT2D eigenvalue weighted by Gasteiger charge is 2.16. The number of carboxylic acid groups (broad SMARTS) is 1. The van der Waals surface area contributed by atoms with Crippen LogP contribution in [0.3, 0.4) is 0 Å². The molecule has 4 rings (SSSR count). The lowest BCUT2D eigenvalue weighted by Crippen LogP contribution is -2.24. The Labute approximate surface area is 174 Å². The second kappa shape index (κ2) is 8.55. The number of hydrogen-bond acceptors (Lipinski definition) is 5. The number of fused-ring (bicyclic) bond motifs is 1. The maximum Gasteiger partial charge on any atom is 0.339 e. The van der Waals surface area contributed by atoms with Crippen molar-refractivity contribution in [1.82, 2.24) is 4.90 Å². The van der Waals surface area contributed by atoms with E-state index >= 15 is 0 Å². The van der Waals surface area contributed by atoms with E-state index in [0.717, 1.165) is 36.9 Å². The van der Waals surface area contributed by atoms with Gasteiger partial charge in [-0.05, 0) is 53.6 Å². The molecule has 6 heteroatoms. The molecule has 0 radical (unpaired) electrons. The van der Waals surface area contributed by atoms with Gasteiger partial charge in [-0.1, -0.05) is 30.3 Å². The van der Waals surface area contributed by atoms with E-state index in [2.05, 4.69) is 4.90 Å². The Kier molecular flexibility index (Phi) is 5.68. The van der Waals surface area contributed by atoms with Crippen LogP contribution in [0, 0.1) is 0 Å². The molecule has 3 aromatic carbocycles. The zero-order valence-electron chi connectivity index (χ0n) is 16.5. The van der Waals surface area contributed by atoms with E-state index in [1.165, 1.54) is 0 Å². The van der Waals surface area contributed by atoms with Crippen LogP contribution in [-0.4, -0.2) is 46.9 Å². The molecule has 2 N–H and O–H groups in total. The van der Waals surface area contributed by atoms with Gasteiger partial charge in [-0.3, -0.25) is 4.90 Å². The Bertz CT molecular complexity index is 1080. The Balaban J connectivity index is 1.54. The predicted octanol–water partition coefficient (Wildman–Crippen LogP) is 4.04. The Hall–Kier alpha value is -3.38. The van der Waals surface area contributed by atoms with Crippen LogP contribution in [0.5, 0.6) is 5.75 Å². The van der Waals surface area contributed by atoms with Gasteiger partial charge in [0, 0.05) is 24.9 Å². The third-order valence-corrected chi connectivity index (χ3v) is 5.48. The van der Waals surface area contributed by atoms with Gasteiger partial charge in [0.25, 0.3) is 0 Å². The number of hydrogen-bond donors (Lipinski definition) is 2. The Morgan fingerprint density at radius 3 is 2.30 bits per heavy atom. The van der Waals surface area contributed by atoms with Crippen LogP contribution in [0.25, 0.3) is 10.8 Å². The third-order valence-electron chi connectivity index (χ3n) is 5.48. The number of aromatic hydroxyl groups is 1. The number of phenols is 1. The van der Waals surface area contributed by atoms with Crippen molar-refractivity contribution >= 4 is 22.7 Å². The molecule has 0 unspecified atom stereocenters. The second-order valence-corrected chi connectivity index (χ2v) is 7.57. The van der Waals surface area contributed by atoms with Crippen molar-refractivity contribution in [1.29, 1.82) is 0 Å². The zero-order valence-corrected chi connectivity index (χ0v) is 16.5. The highest BCUT2D eigenvalue weighted by Crippen LogP contribution is 2.31. The lowest BCUT2D eigenvalue weighted by molar-refractivity contribution is 0.0269. The topological polar surface area (TPSA) is 87.1 Å². The lowest BCUT2D eigenvalue weighted by Gasteiger charge is -2.15. The third kappa shape index (κ3) is 4.28. The van der Waals surface area contributed by atoms with Crippen LogP contribution in [-0.2, 0) is 11.2 Å².